The molecular weight excluding hydrogens is 230 g/mol. The zero-order chi connectivity index (χ0) is 13.0. The van der Waals surface area contributed by atoms with Gasteiger partial charge in [-0.3, -0.25) is 9.69 Å². The van der Waals surface area contributed by atoms with Gasteiger partial charge in [0, 0.05) is 12.6 Å². The molecule has 98 valence electrons. The number of hydrogen-bond donors (Lipinski definition) is 1. The monoisotopic (exact) mass is 249 g/mol. The van der Waals surface area contributed by atoms with Crippen molar-refractivity contribution in [1.82, 2.24) is 4.90 Å². The van der Waals surface area contributed by atoms with Gasteiger partial charge in [-0.05, 0) is 37.1 Å². The zero-order valence-electron chi connectivity index (χ0n) is 10.6. The van der Waals surface area contributed by atoms with E-state index < -0.39 is 5.97 Å². The number of hydrogen-bond acceptors (Lipinski definition) is 3. The summed E-state index contributed by atoms with van der Waals surface area (Å²) in [6.45, 7) is 1.62. The number of ether oxygens (including phenoxy) is 1. The van der Waals surface area contributed by atoms with Crippen LogP contribution in [-0.2, 0) is 4.79 Å². The Morgan fingerprint density at radius 1 is 1.44 bits per heavy atom. The Kier molecular flexibility index (Phi) is 4.20. The van der Waals surface area contributed by atoms with Crippen LogP contribution in [0.4, 0.5) is 0 Å². The van der Waals surface area contributed by atoms with E-state index in [4.69, 9.17) is 9.84 Å². The second-order valence-electron chi connectivity index (χ2n) is 4.61. The highest BCUT2D eigenvalue weighted by Crippen LogP contribution is 2.32. The van der Waals surface area contributed by atoms with Gasteiger partial charge in [0.05, 0.1) is 13.5 Å². The maximum atomic E-state index is 10.6. The Labute approximate surface area is 107 Å². The summed E-state index contributed by atoms with van der Waals surface area (Å²) in [4.78, 5) is 12.9. The average Bonchev–Trinajstić information content (AvgIpc) is 2.85. The average molecular weight is 249 g/mol. The fourth-order valence-corrected chi connectivity index (χ4v) is 2.54. The summed E-state index contributed by atoms with van der Waals surface area (Å²) in [5, 5.41) is 8.76. The molecule has 0 radical (unpaired) electrons. The Morgan fingerprint density at radius 2 is 2.17 bits per heavy atom. The van der Waals surface area contributed by atoms with Gasteiger partial charge in [-0.15, -0.1) is 0 Å². The molecule has 1 fully saturated rings. The van der Waals surface area contributed by atoms with Crippen LogP contribution in [0.2, 0.25) is 0 Å². The van der Waals surface area contributed by atoms with Crippen molar-refractivity contribution in [2.45, 2.75) is 25.3 Å². The minimum Gasteiger partial charge on any atom is -0.497 e. The standard InChI is InChI=1S/C14H19NO3/c1-18-12-6-4-11(5-7-12)13-3-2-9-15(13)10-8-14(16)17/h4-7,13H,2-3,8-10H2,1H3,(H,16,17). The molecule has 0 amide bonds. The molecule has 1 aromatic rings. The second kappa shape index (κ2) is 5.87. The van der Waals surface area contributed by atoms with E-state index in [1.807, 2.05) is 12.1 Å². The van der Waals surface area contributed by atoms with Gasteiger partial charge in [-0.2, -0.15) is 0 Å². The van der Waals surface area contributed by atoms with Gasteiger partial charge in [0.1, 0.15) is 5.75 Å². The molecule has 1 N–H and O–H groups in total. The summed E-state index contributed by atoms with van der Waals surface area (Å²) in [6, 6.07) is 8.42. The number of carboxylic acids is 1. The van der Waals surface area contributed by atoms with Gasteiger partial charge in [0.2, 0.25) is 0 Å². The fourth-order valence-electron chi connectivity index (χ4n) is 2.54. The summed E-state index contributed by atoms with van der Waals surface area (Å²) < 4.78 is 5.15. The maximum Gasteiger partial charge on any atom is 0.304 e. The summed E-state index contributed by atoms with van der Waals surface area (Å²) in [5.41, 5.74) is 1.25. The van der Waals surface area contributed by atoms with Crippen LogP contribution < -0.4 is 4.74 Å². The summed E-state index contributed by atoms with van der Waals surface area (Å²) >= 11 is 0. The van der Waals surface area contributed by atoms with Crippen molar-refractivity contribution in [3.8, 4) is 5.75 Å². The van der Waals surface area contributed by atoms with E-state index in [2.05, 4.69) is 17.0 Å². The third kappa shape index (κ3) is 3.01. The van der Waals surface area contributed by atoms with Crippen LogP contribution in [0.1, 0.15) is 30.9 Å². The molecule has 0 aromatic heterocycles. The van der Waals surface area contributed by atoms with E-state index >= 15 is 0 Å². The van der Waals surface area contributed by atoms with Crippen molar-refractivity contribution >= 4 is 5.97 Å². The molecule has 1 saturated heterocycles. The molecule has 0 aliphatic carbocycles. The number of methoxy groups -OCH3 is 1. The van der Waals surface area contributed by atoms with Crippen molar-refractivity contribution in [3.05, 3.63) is 29.8 Å². The van der Waals surface area contributed by atoms with Crippen molar-refractivity contribution in [1.29, 1.82) is 0 Å². The summed E-state index contributed by atoms with van der Waals surface area (Å²) in [7, 11) is 1.66. The van der Waals surface area contributed by atoms with Gasteiger partial charge in [0.15, 0.2) is 0 Å². The lowest BCUT2D eigenvalue weighted by Gasteiger charge is -2.24. The van der Waals surface area contributed by atoms with Crippen LogP contribution >= 0.6 is 0 Å². The first-order chi connectivity index (χ1) is 8.70. The summed E-state index contributed by atoms with van der Waals surface area (Å²) in [6.07, 6.45) is 2.45. The number of carbonyl (C=O) groups is 1. The molecule has 0 saturated carbocycles. The molecule has 0 spiro atoms. The van der Waals surface area contributed by atoms with E-state index in [-0.39, 0.29) is 6.42 Å². The molecule has 2 rings (SSSR count). The molecule has 1 aliphatic heterocycles. The lowest BCUT2D eigenvalue weighted by atomic mass is 10.0. The SMILES string of the molecule is COc1ccc(C2CCCN2CCC(=O)O)cc1. The Bertz CT molecular complexity index is 402. The molecule has 1 aliphatic rings. The number of rotatable bonds is 5. The van der Waals surface area contributed by atoms with Crippen LogP contribution in [0.15, 0.2) is 24.3 Å². The van der Waals surface area contributed by atoms with Crippen molar-refractivity contribution in [3.63, 3.8) is 0 Å². The third-order valence-corrected chi connectivity index (χ3v) is 3.48. The van der Waals surface area contributed by atoms with Crippen LogP contribution in [-0.4, -0.2) is 36.2 Å². The molecule has 1 unspecified atom stereocenters. The van der Waals surface area contributed by atoms with Crippen molar-refractivity contribution < 1.29 is 14.6 Å². The lowest BCUT2D eigenvalue weighted by molar-refractivity contribution is -0.137. The maximum absolute atomic E-state index is 10.6. The molecule has 0 bridgehead atoms. The molecule has 4 nitrogen and oxygen atoms in total. The minimum atomic E-state index is -0.726. The van der Waals surface area contributed by atoms with E-state index in [1.54, 1.807) is 7.11 Å². The molecule has 1 atom stereocenters. The van der Waals surface area contributed by atoms with Crippen molar-refractivity contribution in [2.24, 2.45) is 0 Å². The van der Waals surface area contributed by atoms with Gasteiger partial charge < -0.3 is 9.84 Å². The highest BCUT2D eigenvalue weighted by Gasteiger charge is 2.25. The number of aliphatic carboxylic acids is 1. The Morgan fingerprint density at radius 3 is 2.78 bits per heavy atom. The van der Waals surface area contributed by atoms with E-state index in [0.29, 0.717) is 12.6 Å². The van der Waals surface area contributed by atoms with Crippen LogP contribution in [0.25, 0.3) is 0 Å². The van der Waals surface area contributed by atoms with E-state index in [1.165, 1.54) is 5.56 Å². The predicted octanol–water partition coefficient (Wildman–Crippen LogP) is 2.31. The Hall–Kier alpha value is -1.55. The highest BCUT2D eigenvalue weighted by atomic mass is 16.5. The van der Waals surface area contributed by atoms with E-state index in [0.717, 1.165) is 25.1 Å². The number of nitrogens with zero attached hydrogens (tertiary/aromatic N) is 1. The Balaban J connectivity index is 2.03. The molecular formula is C14H19NO3. The quantitative estimate of drug-likeness (QED) is 0.870. The van der Waals surface area contributed by atoms with Crippen LogP contribution in [0, 0.1) is 0 Å². The normalized spacial score (nSPS) is 19.9. The smallest absolute Gasteiger partial charge is 0.304 e. The number of likely N-dealkylation sites (tertiary alicyclic amines) is 1. The van der Waals surface area contributed by atoms with Gasteiger partial charge in [-0.1, -0.05) is 12.1 Å². The lowest BCUT2D eigenvalue weighted by Crippen LogP contribution is -2.26. The first-order valence-electron chi connectivity index (χ1n) is 6.30. The largest absolute Gasteiger partial charge is 0.497 e. The van der Waals surface area contributed by atoms with Crippen LogP contribution in [0.3, 0.4) is 0 Å². The predicted molar refractivity (Wildman–Crippen MR) is 68.8 cm³/mol. The van der Waals surface area contributed by atoms with Crippen molar-refractivity contribution in [2.75, 3.05) is 20.2 Å². The first kappa shape index (κ1) is 12.9. The highest BCUT2D eigenvalue weighted by molar-refractivity contribution is 5.66. The third-order valence-electron chi connectivity index (χ3n) is 3.48. The summed E-state index contributed by atoms with van der Waals surface area (Å²) in [5.74, 6) is 0.129. The van der Waals surface area contributed by atoms with Gasteiger partial charge in [0.25, 0.3) is 0 Å². The van der Waals surface area contributed by atoms with Gasteiger partial charge >= 0.3 is 5.97 Å². The first-order valence-corrected chi connectivity index (χ1v) is 6.30. The number of benzene rings is 1. The second-order valence-corrected chi connectivity index (χ2v) is 4.61. The fraction of sp³-hybridized carbons (Fsp3) is 0.500. The molecule has 1 aromatic carbocycles. The number of carboxylic acid groups (broad SMARTS) is 1. The topological polar surface area (TPSA) is 49.8 Å². The minimum absolute atomic E-state index is 0.215. The molecule has 1 heterocycles. The van der Waals surface area contributed by atoms with Crippen LogP contribution in [0.5, 0.6) is 5.75 Å². The van der Waals surface area contributed by atoms with Gasteiger partial charge in [-0.25, -0.2) is 0 Å². The zero-order valence-corrected chi connectivity index (χ0v) is 10.6. The molecule has 4 heteroatoms. The molecule has 18 heavy (non-hydrogen) atoms. The van der Waals surface area contributed by atoms with E-state index in [9.17, 15) is 4.79 Å².